The van der Waals surface area contributed by atoms with Crippen LogP contribution in [0.5, 0.6) is 0 Å². The van der Waals surface area contributed by atoms with Crippen LogP contribution >= 0.6 is 22.7 Å². The van der Waals surface area contributed by atoms with Gasteiger partial charge >= 0.3 is 6.03 Å². The second-order valence-electron chi connectivity index (χ2n) is 10.3. The minimum atomic E-state index is -0.618. The van der Waals surface area contributed by atoms with Crippen molar-refractivity contribution in [2.45, 2.75) is 84.2 Å². The summed E-state index contributed by atoms with van der Waals surface area (Å²) < 4.78 is 5.64. The van der Waals surface area contributed by atoms with Gasteiger partial charge in [-0.05, 0) is 53.8 Å². The maximum Gasteiger partial charge on any atom is 0.318 e. The molecule has 0 aliphatic rings. The molecule has 2 heterocycles. The quantitative estimate of drug-likeness (QED) is 0.198. The summed E-state index contributed by atoms with van der Waals surface area (Å²) in [6, 6.07) is -0.680. The van der Waals surface area contributed by atoms with E-state index in [0.717, 1.165) is 28.4 Å². The van der Waals surface area contributed by atoms with Gasteiger partial charge in [0.25, 0.3) is 0 Å². The average molecular weight is 568 g/mol. The molecule has 3 unspecified atom stereocenters. The number of ether oxygens (including phenoxy) is 1. The summed E-state index contributed by atoms with van der Waals surface area (Å²) in [4.78, 5) is 39.4. The molecule has 0 aliphatic heterocycles. The lowest BCUT2D eigenvalue weighted by molar-refractivity contribution is -0.123. The molecule has 2 aromatic heterocycles. The van der Waals surface area contributed by atoms with Gasteiger partial charge in [-0.15, -0.1) is 22.7 Å². The molecule has 0 fully saturated rings. The molecular weight excluding hydrogens is 522 g/mol. The first-order valence-electron chi connectivity index (χ1n) is 13.1. The number of hydrogen-bond donors (Lipinski definition) is 3. The molecule has 3 amide bonds. The molecule has 214 valence electrons. The largest absolute Gasteiger partial charge is 0.361 e. The Bertz CT molecular complexity index is 953. The van der Waals surface area contributed by atoms with Crippen LogP contribution in [0.1, 0.15) is 68.5 Å². The van der Waals surface area contributed by atoms with Gasteiger partial charge in [0.05, 0.1) is 41.0 Å². The van der Waals surface area contributed by atoms with Crippen molar-refractivity contribution >= 4 is 34.6 Å². The van der Waals surface area contributed by atoms with Crippen LogP contribution in [0.15, 0.2) is 17.1 Å². The van der Waals surface area contributed by atoms with Gasteiger partial charge in [-0.2, -0.15) is 0 Å². The molecule has 0 radical (unpaired) electrons. The Morgan fingerprint density at radius 2 is 1.76 bits per heavy atom. The summed E-state index contributed by atoms with van der Waals surface area (Å²) in [5, 5.41) is 12.4. The third-order valence-electron chi connectivity index (χ3n) is 5.97. The van der Waals surface area contributed by atoms with E-state index in [1.54, 1.807) is 40.1 Å². The van der Waals surface area contributed by atoms with Crippen LogP contribution in [-0.2, 0) is 22.7 Å². The van der Waals surface area contributed by atoms with Crippen LogP contribution < -0.4 is 16.0 Å². The smallest absolute Gasteiger partial charge is 0.318 e. The monoisotopic (exact) mass is 567 g/mol. The van der Waals surface area contributed by atoms with Crippen LogP contribution in [0.4, 0.5) is 4.79 Å². The first kappa shape index (κ1) is 32.1. The number of carbonyl (C=O) groups is 2. The molecule has 10 nitrogen and oxygen atoms in total. The van der Waals surface area contributed by atoms with Gasteiger partial charge in [0.2, 0.25) is 5.91 Å². The first-order valence-corrected chi connectivity index (χ1v) is 14.9. The van der Waals surface area contributed by atoms with E-state index in [4.69, 9.17) is 4.74 Å². The minimum absolute atomic E-state index is 0.0224. The first-order chi connectivity index (χ1) is 18.0. The summed E-state index contributed by atoms with van der Waals surface area (Å²) in [7, 11) is 5.63. The number of hydrogen-bond acceptors (Lipinski definition) is 9. The summed E-state index contributed by atoms with van der Waals surface area (Å²) in [6.07, 6.45) is 4.03. The molecule has 3 N–H and O–H groups in total. The van der Waals surface area contributed by atoms with E-state index in [0.29, 0.717) is 38.8 Å². The fraction of sp³-hybridized carbons (Fsp3) is 0.692. The molecule has 0 aliphatic carbocycles. The van der Waals surface area contributed by atoms with Gasteiger partial charge in [0, 0.05) is 36.6 Å². The van der Waals surface area contributed by atoms with Crippen LogP contribution in [-0.4, -0.2) is 84.3 Å². The van der Waals surface area contributed by atoms with E-state index in [1.165, 1.54) is 0 Å². The maximum absolute atomic E-state index is 13.1. The Morgan fingerprint density at radius 3 is 2.39 bits per heavy atom. The van der Waals surface area contributed by atoms with Crippen molar-refractivity contribution in [1.82, 2.24) is 35.7 Å². The molecule has 12 heteroatoms. The summed E-state index contributed by atoms with van der Waals surface area (Å²) >= 11 is 3.18. The summed E-state index contributed by atoms with van der Waals surface area (Å²) in [5.74, 6) is 0.195. The number of nitrogens with one attached hydrogen (secondary N) is 3. The van der Waals surface area contributed by atoms with E-state index >= 15 is 0 Å². The van der Waals surface area contributed by atoms with Crippen molar-refractivity contribution < 1.29 is 14.3 Å². The Hall–Kier alpha value is -2.12. The Labute approximate surface area is 235 Å². The Kier molecular flexibility index (Phi) is 14.2. The van der Waals surface area contributed by atoms with Crippen LogP contribution in [0.3, 0.4) is 0 Å². The van der Waals surface area contributed by atoms with Gasteiger partial charge in [0.1, 0.15) is 6.04 Å². The lowest BCUT2D eigenvalue weighted by atomic mass is 10.1. The molecule has 2 aromatic rings. The normalized spacial score (nSPS) is 13.9. The zero-order valence-corrected chi connectivity index (χ0v) is 25.5. The highest BCUT2D eigenvalue weighted by atomic mass is 32.1. The lowest BCUT2D eigenvalue weighted by Gasteiger charge is -2.25. The van der Waals surface area contributed by atoms with Gasteiger partial charge in [-0.1, -0.05) is 13.8 Å². The number of aromatic nitrogens is 2. The lowest BCUT2D eigenvalue weighted by Crippen LogP contribution is -2.52. The number of urea groups is 1. The van der Waals surface area contributed by atoms with E-state index in [-0.39, 0.29) is 24.0 Å². The van der Waals surface area contributed by atoms with Gasteiger partial charge in [-0.3, -0.25) is 15.1 Å². The highest BCUT2D eigenvalue weighted by molar-refractivity contribution is 7.09. The molecule has 38 heavy (non-hydrogen) atoms. The van der Waals surface area contributed by atoms with E-state index in [9.17, 15) is 9.59 Å². The van der Waals surface area contributed by atoms with Crippen molar-refractivity contribution in [3.05, 3.63) is 32.7 Å². The van der Waals surface area contributed by atoms with E-state index in [1.807, 2.05) is 37.5 Å². The molecule has 3 atom stereocenters. The minimum Gasteiger partial charge on any atom is -0.361 e. The molecule has 0 bridgehead atoms. The highest BCUT2D eigenvalue weighted by Gasteiger charge is 2.24. The molecular formula is C26H45N7O3S2. The molecule has 0 saturated heterocycles. The number of amides is 3. The van der Waals surface area contributed by atoms with E-state index in [2.05, 4.69) is 46.7 Å². The Morgan fingerprint density at radius 1 is 1.03 bits per heavy atom. The second kappa shape index (κ2) is 16.8. The number of thiazole rings is 2. The van der Waals surface area contributed by atoms with Crippen molar-refractivity contribution in [2.75, 3.05) is 34.4 Å². The zero-order chi connectivity index (χ0) is 28.1. The summed E-state index contributed by atoms with van der Waals surface area (Å²) in [6.45, 7) is 10.4. The van der Waals surface area contributed by atoms with Gasteiger partial charge in [0.15, 0.2) is 0 Å². The Balaban J connectivity index is 1.78. The van der Waals surface area contributed by atoms with E-state index < -0.39 is 6.04 Å². The molecule has 0 saturated carbocycles. The van der Waals surface area contributed by atoms with Crippen molar-refractivity contribution in [3.63, 3.8) is 0 Å². The zero-order valence-electron chi connectivity index (χ0n) is 23.8. The predicted octanol–water partition coefficient (Wildman–Crippen LogP) is 3.62. The predicted molar refractivity (Wildman–Crippen MR) is 154 cm³/mol. The van der Waals surface area contributed by atoms with Crippen LogP contribution in [0.25, 0.3) is 0 Å². The number of carbonyl (C=O) groups excluding carboxylic acids is 2. The van der Waals surface area contributed by atoms with Gasteiger partial charge in [-0.25, -0.2) is 9.78 Å². The molecule has 2 rings (SSSR count). The highest BCUT2D eigenvalue weighted by Crippen LogP contribution is 2.19. The van der Waals surface area contributed by atoms with Crippen LogP contribution in [0, 0.1) is 0 Å². The fourth-order valence-electron chi connectivity index (χ4n) is 3.57. The third kappa shape index (κ3) is 12.2. The van der Waals surface area contributed by atoms with Crippen molar-refractivity contribution in [2.24, 2.45) is 0 Å². The number of rotatable bonds is 17. The fourth-order valence-corrected chi connectivity index (χ4v) is 4.93. The third-order valence-corrected chi connectivity index (χ3v) is 7.92. The summed E-state index contributed by atoms with van der Waals surface area (Å²) in [5.41, 5.74) is 2.65. The standard InChI is InChI=1S/C26H45N7O3S2/c1-18(2)25-30-21(15-37-25)13-33(7)26(35)31-23(10-11-32(5)6)24(34)29-20(4)9-8-19(3)28-16-36-14-22-12-27-17-38-22/h12,15,17-20,23,28H,8-11,13-14,16H2,1-7H3,(H,29,34)(H,31,35). The topological polar surface area (TPSA) is 112 Å². The average Bonchev–Trinajstić information content (AvgIpc) is 3.55. The second-order valence-corrected chi connectivity index (χ2v) is 12.2. The van der Waals surface area contributed by atoms with Crippen molar-refractivity contribution in [1.29, 1.82) is 0 Å². The van der Waals surface area contributed by atoms with Crippen LogP contribution in [0.2, 0.25) is 0 Å². The number of nitrogens with zero attached hydrogens (tertiary/aromatic N) is 4. The SMILES string of the molecule is CC(CCC(C)NC(=O)C(CCN(C)C)NC(=O)N(C)Cc1csc(C(C)C)n1)NCOCc1cncs1. The van der Waals surface area contributed by atoms with Gasteiger partial charge < -0.3 is 25.2 Å². The maximum atomic E-state index is 13.1. The molecule has 0 aromatic carbocycles. The van der Waals surface area contributed by atoms with Crippen molar-refractivity contribution in [3.8, 4) is 0 Å². The molecule has 0 spiro atoms.